The number of hydrogen-bond donors (Lipinski definition) is 1. The summed E-state index contributed by atoms with van der Waals surface area (Å²) in [6.07, 6.45) is 2.62. The molecule has 2 heterocycles. The Hall–Kier alpha value is -2.66. The molecule has 0 radical (unpaired) electrons. The van der Waals surface area contributed by atoms with Crippen LogP contribution in [0.5, 0.6) is 5.75 Å². The van der Waals surface area contributed by atoms with Gasteiger partial charge in [0.1, 0.15) is 11.6 Å². The minimum Gasteiger partial charge on any atom is -0.497 e. The van der Waals surface area contributed by atoms with E-state index in [4.69, 9.17) is 14.7 Å². The molecule has 1 aliphatic rings. The molecule has 26 heavy (non-hydrogen) atoms. The van der Waals surface area contributed by atoms with E-state index in [-0.39, 0.29) is 0 Å². The Morgan fingerprint density at radius 1 is 1.04 bits per heavy atom. The zero-order valence-electron chi connectivity index (χ0n) is 15.1. The summed E-state index contributed by atoms with van der Waals surface area (Å²) in [6, 6.07) is 16.0. The van der Waals surface area contributed by atoms with Crippen LogP contribution in [0.1, 0.15) is 12.8 Å². The number of aromatic nitrogens is 2. The highest BCUT2D eigenvalue weighted by Gasteiger charge is 2.13. The van der Waals surface area contributed by atoms with Gasteiger partial charge in [0.25, 0.3) is 0 Å². The SMILES string of the molecule is COc1ccc2nc(-c3ccccc3)nc(NCCN3CCCC3)c2c1. The molecule has 1 N–H and O–H groups in total. The summed E-state index contributed by atoms with van der Waals surface area (Å²) >= 11 is 0. The average Bonchev–Trinajstić information content (AvgIpc) is 3.21. The topological polar surface area (TPSA) is 50.3 Å². The van der Waals surface area contributed by atoms with Crippen molar-refractivity contribution < 1.29 is 4.74 Å². The van der Waals surface area contributed by atoms with Gasteiger partial charge in [-0.2, -0.15) is 0 Å². The number of likely N-dealkylation sites (tertiary alicyclic amines) is 1. The monoisotopic (exact) mass is 348 g/mol. The van der Waals surface area contributed by atoms with Gasteiger partial charge in [0.15, 0.2) is 5.82 Å². The van der Waals surface area contributed by atoms with Gasteiger partial charge in [-0.3, -0.25) is 0 Å². The summed E-state index contributed by atoms with van der Waals surface area (Å²) in [6.45, 7) is 4.32. The molecule has 5 heteroatoms. The highest BCUT2D eigenvalue weighted by Crippen LogP contribution is 2.28. The van der Waals surface area contributed by atoms with E-state index in [1.54, 1.807) is 7.11 Å². The second kappa shape index (κ2) is 7.70. The molecule has 134 valence electrons. The molecule has 1 fully saturated rings. The number of hydrogen-bond acceptors (Lipinski definition) is 5. The molecule has 0 unspecified atom stereocenters. The Labute approximate surface area is 154 Å². The lowest BCUT2D eigenvalue weighted by atomic mass is 10.1. The van der Waals surface area contributed by atoms with Gasteiger partial charge in [0.05, 0.1) is 12.6 Å². The molecule has 1 aliphatic heterocycles. The van der Waals surface area contributed by atoms with E-state index in [1.807, 2.05) is 48.5 Å². The summed E-state index contributed by atoms with van der Waals surface area (Å²) in [7, 11) is 1.68. The smallest absolute Gasteiger partial charge is 0.162 e. The van der Waals surface area contributed by atoms with Crippen LogP contribution in [0.2, 0.25) is 0 Å². The maximum absolute atomic E-state index is 5.39. The summed E-state index contributed by atoms with van der Waals surface area (Å²) in [5.74, 6) is 2.43. The maximum Gasteiger partial charge on any atom is 0.162 e. The molecule has 5 nitrogen and oxygen atoms in total. The van der Waals surface area contributed by atoms with E-state index in [9.17, 15) is 0 Å². The van der Waals surface area contributed by atoms with Gasteiger partial charge in [0.2, 0.25) is 0 Å². The summed E-state index contributed by atoms with van der Waals surface area (Å²) in [4.78, 5) is 12.1. The summed E-state index contributed by atoms with van der Waals surface area (Å²) < 4.78 is 5.39. The minimum atomic E-state index is 0.743. The van der Waals surface area contributed by atoms with Gasteiger partial charge in [-0.25, -0.2) is 9.97 Å². The molecule has 4 rings (SSSR count). The van der Waals surface area contributed by atoms with E-state index in [0.29, 0.717) is 0 Å². The lowest BCUT2D eigenvalue weighted by Crippen LogP contribution is -2.26. The van der Waals surface area contributed by atoms with Crippen LogP contribution in [-0.2, 0) is 0 Å². The zero-order chi connectivity index (χ0) is 17.8. The van der Waals surface area contributed by atoms with Crippen molar-refractivity contribution in [3.8, 4) is 17.1 Å². The lowest BCUT2D eigenvalue weighted by Gasteiger charge is -2.16. The Morgan fingerprint density at radius 2 is 1.85 bits per heavy atom. The number of benzene rings is 2. The highest BCUT2D eigenvalue weighted by molar-refractivity contribution is 5.91. The number of nitrogens with zero attached hydrogens (tertiary/aromatic N) is 3. The molecule has 0 aliphatic carbocycles. The average molecular weight is 348 g/mol. The quantitative estimate of drug-likeness (QED) is 0.734. The van der Waals surface area contributed by atoms with Crippen LogP contribution in [0.25, 0.3) is 22.3 Å². The number of rotatable bonds is 6. The normalized spacial score (nSPS) is 14.7. The Kier molecular flexibility index (Phi) is 4.97. The number of anilines is 1. The molecule has 0 atom stereocenters. The van der Waals surface area contributed by atoms with Crippen LogP contribution in [0.3, 0.4) is 0 Å². The summed E-state index contributed by atoms with van der Waals surface area (Å²) in [5.41, 5.74) is 1.94. The van der Waals surface area contributed by atoms with Crippen LogP contribution in [-0.4, -0.2) is 48.2 Å². The fourth-order valence-electron chi connectivity index (χ4n) is 3.42. The lowest BCUT2D eigenvalue weighted by molar-refractivity contribution is 0.352. The van der Waals surface area contributed by atoms with Crippen molar-refractivity contribution in [1.29, 1.82) is 0 Å². The first kappa shape index (κ1) is 16.8. The van der Waals surface area contributed by atoms with Crippen LogP contribution in [0.15, 0.2) is 48.5 Å². The van der Waals surface area contributed by atoms with Crippen LogP contribution >= 0.6 is 0 Å². The molecule has 0 spiro atoms. The maximum atomic E-state index is 5.39. The van der Waals surface area contributed by atoms with Crippen LogP contribution in [0.4, 0.5) is 5.82 Å². The predicted molar refractivity (Wildman–Crippen MR) is 106 cm³/mol. The number of methoxy groups -OCH3 is 1. The van der Waals surface area contributed by atoms with Crippen molar-refractivity contribution in [3.05, 3.63) is 48.5 Å². The van der Waals surface area contributed by atoms with Crippen molar-refractivity contribution in [2.75, 3.05) is 38.6 Å². The molecule has 1 aromatic heterocycles. The third-order valence-corrected chi connectivity index (χ3v) is 4.85. The highest BCUT2D eigenvalue weighted by atomic mass is 16.5. The molecular formula is C21H24N4O. The first-order valence-corrected chi connectivity index (χ1v) is 9.21. The zero-order valence-corrected chi connectivity index (χ0v) is 15.1. The minimum absolute atomic E-state index is 0.743. The van der Waals surface area contributed by atoms with Crippen molar-refractivity contribution in [2.24, 2.45) is 0 Å². The number of nitrogens with one attached hydrogen (secondary N) is 1. The Bertz CT molecular complexity index is 876. The summed E-state index contributed by atoms with van der Waals surface area (Å²) in [5, 5.41) is 4.52. The molecule has 0 saturated carbocycles. The molecule has 0 bridgehead atoms. The van der Waals surface area contributed by atoms with Crippen molar-refractivity contribution in [1.82, 2.24) is 14.9 Å². The van der Waals surface area contributed by atoms with E-state index in [0.717, 1.165) is 46.9 Å². The fraction of sp³-hybridized carbons (Fsp3) is 0.333. The fourth-order valence-corrected chi connectivity index (χ4v) is 3.42. The standard InChI is InChI=1S/C21H24N4O/c1-26-17-9-10-19-18(15-17)21(22-11-14-25-12-5-6-13-25)24-20(23-19)16-7-3-2-4-8-16/h2-4,7-10,15H,5-6,11-14H2,1H3,(H,22,23,24). The molecule has 1 saturated heterocycles. The Morgan fingerprint density at radius 3 is 2.62 bits per heavy atom. The van der Waals surface area contributed by atoms with Gasteiger partial charge in [-0.15, -0.1) is 0 Å². The molecular weight excluding hydrogens is 324 g/mol. The number of ether oxygens (including phenoxy) is 1. The van der Waals surface area contributed by atoms with E-state index in [1.165, 1.54) is 25.9 Å². The third-order valence-electron chi connectivity index (χ3n) is 4.85. The van der Waals surface area contributed by atoms with E-state index >= 15 is 0 Å². The van der Waals surface area contributed by atoms with Gasteiger partial charge >= 0.3 is 0 Å². The van der Waals surface area contributed by atoms with Gasteiger partial charge in [-0.05, 0) is 44.1 Å². The van der Waals surface area contributed by atoms with Gasteiger partial charge in [0, 0.05) is 24.0 Å². The molecule has 2 aromatic carbocycles. The first-order chi connectivity index (χ1) is 12.8. The van der Waals surface area contributed by atoms with Crippen molar-refractivity contribution >= 4 is 16.7 Å². The second-order valence-electron chi connectivity index (χ2n) is 6.62. The molecule has 0 amide bonds. The van der Waals surface area contributed by atoms with Crippen molar-refractivity contribution in [3.63, 3.8) is 0 Å². The van der Waals surface area contributed by atoms with E-state index < -0.39 is 0 Å². The van der Waals surface area contributed by atoms with Gasteiger partial charge < -0.3 is 15.0 Å². The first-order valence-electron chi connectivity index (χ1n) is 9.21. The van der Waals surface area contributed by atoms with Crippen LogP contribution < -0.4 is 10.1 Å². The molecule has 3 aromatic rings. The van der Waals surface area contributed by atoms with Crippen molar-refractivity contribution in [2.45, 2.75) is 12.8 Å². The second-order valence-corrected chi connectivity index (χ2v) is 6.62. The van der Waals surface area contributed by atoms with Gasteiger partial charge in [-0.1, -0.05) is 30.3 Å². The predicted octanol–water partition coefficient (Wildman–Crippen LogP) is 3.81. The Balaban J connectivity index is 1.66. The number of fused-ring (bicyclic) bond motifs is 1. The van der Waals surface area contributed by atoms with E-state index in [2.05, 4.69) is 10.2 Å². The van der Waals surface area contributed by atoms with Crippen LogP contribution in [0, 0.1) is 0 Å². The largest absolute Gasteiger partial charge is 0.497 e. The third kappa shape index (κ3) is 3.63.